The molecule has 15 heteroatoms. The van der Waals surface area contributed by atoms with Gasteiger partial charge in [0.1, 0.15) is 17.7 Å². The first-order valence-corrected chi connectivity index (χ1v) is 14.6. The van der Waals surface area contributed by atoms with Crippen LogP contribution in [0.5, 0.6) is 5.75 Å². The van der Waals surface area contributed by atoms with Crippen molar-refractivity contribution in [2.45, 2.75) is 47.9 Å². The molecular formula is C23H28F3N5O5S2. The van der Waals surface area contributed by atoms with E-state index in [4.69, 9.17) is 4.74 Å². The molecule has 1 amide bonds. The van der Waals surface area contributed by atoms with E-state index in [0.717, 1.165) is 12.1 Å². The van der Waals surface area contributed by atoms with Crippen LogP contribution in [0.15, 0.2) is 41.7 Å². The summed E-state index contributed by atoms with van der Waals surface area (Å²) >= 11 is 1.38. The SMILES string of the molecule is CSc1nccc(N2CCC(C(=O)NO)(S(=O)(=O)N3CCC(Oc4ccc(C(F)(F)F)cc4)CC3)CC2)n1. The summed E-state index contributed by atoms with van der Waals surface area (Å²) in [6, 6.07) is 6.05. The third kappa shape index (κ3) is 5.70. The largest absolute Gasteiger partial charge is 0.490 e. The summed E-state index contributed by atoms with van der Waals surface area (Å²) in [5.41, 5.74) is 0.769. The maximum atomic E-state index is 13.8. The number of sulfonamides is 1. The number of halogens is 3. The molecule has 0 aliphatic carbocycles. The highest BCUT2D eigenvalue weighted by atomic mass is 32.2. The Hall–Kier alpha value is -2.62. The Morgan fingerprint density at radius 3 is 2.32 bits per heavy atom. The van der Waals surface area contributed by atoms with E-state index in [1.807, 2.05) is 11.2 Å². The summed E-state index contributed by atoms with van der Waals surface area (Å²) < 4.78 is 71.0. The first-order valence-electron chi connectivity index (χ1n) is 11.9. The van der Waals surface area contributed by atoms with Crippen molar-refractivity contribution in [3.05, 3.63) is 42.1 Å². The number of aromatic nitrogens is 2. The third-order valence-electron chi connectivity index (χ3n) is 6.93. The molecular weight excluding hydrogens is 547 g/mol. The molecule has 4 rings (SSSR count). The van der Waals surface area contributed by atoms with Crippen LogP contribution < -0.4 is 15.1 Å². The standard InChI is InChI=1S/C23H28F3N5O5S2/c1-37-21-27-11-6-19(28-21)30-14-9-22(10-15-30,20(32)29-33)38(34,35)31-12-7-18(8-13-31)36-17-4-2-16(3-5-17)23(24,25)26/h2-6,11,18,33H,7-10,12-15H2,1H3,(H,29,32). The number of hydrogen-bond donors (Lipinski definition) is 2. The number of piperidine rings is 2. The molecule has 0 bridgehead atoms. The topological polar surface area (TPSA) is 125 Å². The number of alkyl halides is 3. The molecule has 2 saturated heterocycles. The molecule has 208 valence electrons. The van der Waals surface area contributed by atoms with Crippen LogP contribution in [-0.2, 0) is 21.0 Å². The van der Waals surface area contributed by atoms with Crippen LogP contribution in [0, 0.1) is 0 Å². The van der Waals surface area contributed by atoms with Crippen LogP contribution in [0.1, 0.15) is 31.2 Å². The van der Waals surface area contributed by atoms with E-state index in [-0.39, 0.29) is 44.8 Å². The van der Waals surface area contributed by atoms with Crippen molar-refractivity contribution in [1.82, 2.24) is 19.8 Å². The zero-order valence-electron chi connectivity index (χ0n) is 20.5. The molecule has 1 aromatic heterocycles. The van der Waals surface area contributed by atoms with Gasteiger partial charge in [-0.1, -0.05) is 11.8 Å². The first kappa shape index (κ1) is 28.4. The second kappa shape index (κ2) is 11.2. The number of hydroxylamine groups is 1. The van der Waals surface area contributed by atoms with E-state index in [1.54, 1.807) is 17.7 Å². The van der Waals surface area contributed by atoms with Crippen LogP contribution >= 0.6 is 11.8 Å². The number of carbonyl (C=O) groups is 1. The van der Waals surface area contributed by atoms with Gasteiger partial charge in [0.05, 0.1) is 5.56 Å². The minimum Gasteiger partial charge on any atom is -0.490 e. The highest BCUT2D eigenvalue weighted by Crippen LogP contribution is 2.37. The number of hydrogen-bond acceptors (Lipinski definition) is 9. The Morgan fingerprint density at radius 1 is 1.13 bits per heavy atom. The fraction of sp³-hybridized carbons (Fsp3) is 0.522. The monoisotopic (exact) mass is 575 g/mol. The van der Waals surface area contributed by atoms with Gasteiger partial charge < -0.3 is 9.64 Å². The number of carbonyl (C=O) groups excluding carboxylic acids is 1. The number of nitrogens with one attached hydrogen (secondary N) is 1. The second-order valence-corrected chi connectivity index (χ2v) is 12.1. The fourth-order valence-corrected chi connectivity index (χ4v) is 7.28. The molecule has 10 nitrogen and oxygen atoms in total. The number of rotatable bonds is 7. The van der Waals surface area contributed by atoms with Crippen molar-refractivity contribution < 1.29 is 36.3 Å². The highest BCUT2D eigenvalue weighted by molar-refractivity contribution is 7.98. The van der Waals surface area contributed by atoms with E-state index in [9.17, 15) is 31.6 Å². The van der Waals surface area contributed by atoms with Gasteiger partial charge in [-0.25, -0.2) is 28.2 Å². The van der Waals surface area contributed by atoms with E-state index in [1.165, 1.54) is 28.2 Å². The van der Waals surface area contributed by atoms with Gasteiger partial charge in [0.2, 0.25) is 10.0 Å². The average Bonchev–Trinajstić information content (AvgIpc) is 2.92. The molecule has 3 heterocycles. The van der Waals surface area contributed by atoms with Crippen LogP contribution in [-0.4, -0.2) is 77.1 Å². The maximum Gasteiger partial charge on any atom is 0.416 e. The Balaban J connectivity index is 1.42. The van der Waals surface area contributed by atoms with Gasteiger partial charge >= 0.3 is 6.18 Å². The number of thioether (sulfide) groups is 1. The molecule has 2 fully saturated rings. The fourth-order valence-electron chi connectivity index (χ4n) is 4.76. The van der Waals surface area contributed by atoms with Crippen molar-refractivity contribution in [2.24, 2.45) is 0 Å². The Labute approximate surface area is 222 Å². The first-order chi connectivity index (χ1) is 18.0. The van der Waals surface area contributed by atoms with Gasteiger partial charge in [0, 0.05) is 32.4 Å². The zero-order valence-corrected chi connectivity index (χ0v) is 22.2. The normalized spacial score (nSPS) is 19.2. The van der Waals surface area contributed by atoms with Gasteiger partial charge in [-0.15, -0.1) is 0 Å². The molecule has 2 aromatic rings. The smallest absolute Gasteiger partial charge is 0.416 e. The zero-order chi connectivity index (χ0) is 27.6. The van der Waals surface area contributed by atoms with Gasteiger partial charge in [-0.3, -0.25) is 10.0 Å². The molecule has 2 N–H and O–H groups in total. The number of benzene rings is 1. The maximum absolute atomic E-state index is 13.8. The van der Waals surface area contributed by atoms with Crippen LogP contribution in [0.3, 0.4) is 0 Å². The van der Waals surface area contributed by atoms with Gasteiger partial charge in [0.15, 0.2) is 9.90 Å². The number of amides is 1. The van der Waals surface area contributed by atoms with Crippen molar-refractivity contribution in [3.8, 4) is 5.75 Å². The van der Waals surface area contributed by atoms with Crippen LogP contribution in [0.25, 0.3) is 0 Å². The van der Waals surface area contributed by atoms with E-state index in [0.29, 0.717) is 23.8 Å². The Morgan fingerprint density at radius 2 is 1.76 bits per heavy atom. The lowest BCUT2D eigenvalue weighted by Crippen LogP contribution is -2.62. The predicted molar refractivity (Wildman–Crippen MR) is 134 cm³/mol. The van der Waals surface area contributed by atoms with E-state index < -0.39 is 38.5 Å². The highest BCUT2D eigenvalue weighted by Gasteiger charge is 2.55. The molecule has 0 saturated carbocycles. The quantitative estimate of drug-likeness (QED) is 0.222. The summed E-state index contributed by atoms with van der Waals surface area (Å²) in [7, 11) is -4.18. The van der Waals surface area contributed by atoms with Crippen molar-refractivity contribution in [1.29, 1.82) is 0 Å². The molecule has 0 unspecified atom stereocenters. The lowest BCUT2D eigenvalue weighted by molar-refractivity contribution is -0.137. The summed E-state index contributed by atoms with van der Waals surface area (Å²) in [5, 5.41) is 10.0. The van der Waals surface area contributed by atoms with Crippen LogP contribution in [0.2, 0.25) is 0 Å². The van der Waals surface area contributed by atoms with Crippen molar-refractivity contribution in [3.63, 3.8) is 0 Å². The molecule has 0 spiro atoms. The van der Waals surface area contributed by atoms with Gasteiger partial charge in [0.25, 0.3) is 5.91 Å². The van der Waals surface area contributed by atoms with E-state index >= 15 is 0 Å². The molecule has 38 heavy (non-hydrogen) atoms. The summed E-state index contributed by atoms with van der Waals surface area (Å²) in [6.45, 7) is 0.595. The summed E-state index contributed by atoms with van der Waals surface area (Å²) in [4.78, 5) is 23.3. The molecule has 0 radical (unpaired) electrons. The second-order valence-electron chi connectivity index (χ2n) is 9.07. The Bertz CT molecular complexity index is 1230. The van der Waals surface area contributed by atoms with Gasteiger partial charge in [-0.05, 0) is 62.3 Å². The minimum absolute atomic E-state index is 0.0533. The van der Waals surface area contributed by atoms with Crippen LogP contribution in [0.4, 0.5) is 19.0 Å². The molecule has 0 atom stereocenters. The third-order valence-corrected chi connectivity index (χ3v) is 10.1. The predicted octanol–water partition coefficient (Wildman–Crippen LogP) is 2.93. The summed E-state index contributed by atoms with van der Waals surface area (Å²) in [6.07, 6.45) is -0.905. The number of anilines is 1. The lowest BCUT2D eigenvalue weighted by atomic mass is 9.95. The molecule has 1 aromatic carbocycles. The summed E-state index contributed by atoms with van der Waals surface area (Å²) in [5.74, 6) is -0.0917. The van der Waals surface area contributed by atoms with Crippen molar-refractivity contribution in [2.75, 3.05) is 37.3 Å². The minimum atomic E-state index is -4.45. The van der Waals surface area contributed by atoms with Crippen molar-refractivity contribution >= 4 is 33.5 Å². The molecule has 2 aliphatic rings. The lowest BCUT2D eigenvalue weighted by Gasteiger charge is -2.43. The number of nitrogens with zero attached hydrogens (tertiary/aromatic N) is 4. The van der Waals surface area contributed by atoms with Gasteiger partial charge in [-0.2, -0.15) is 13.2 Å². The Kier molecular flexibility index (Phi) is 8.40. The average molecular weight is 576 g/mol. The van der Waals surface area contributed by atoms with E-state index in [2.05, 4.69) is 9.97 Å². The number of ether oxygens (including phenoxy) is 1. The molecule has 2 aliphatic heterocycles.